The second-order valence-electron chi connectivity index (χ2n) is 8.51. The van der Waals surface area contributed by atoms with Crippen LogP contribution in [0, 0.1) is 6.92 Å². The highest BCUT2D eigenvalue weighted by molar-refractivity contribution is 6.51. The lowest BCUT2D eigenvalue weighted by Gasteiger charge is -2.24. The van der Waals surface area contributed by atoms with Crippen molar-refractivity contribution in [3.8, 4) is 11.5 Å². The Morgan fingerprint density at radius 1 is 0.946 bits per heavy atom. The van der Waals surface area contributed by atoms with E-state index in [-0.39, 0.29) is 28.6 Å². The Balaban J connectivity index is 1.82. The normalized spacial score (nSPS) is 17.4. The van der Waals surface area contributed by atoms with E-state index in [1.54, 1.807) is 25.1 Å². The lowest BCUT2D eigenvalue weighted by Crippen LogP contribution is -2.30. The van der Waals surface area contributed by atoms with Gasteiger partial charge in [0.1, 0.15) is 17.3 Å². The molecule has 2 heterocycles. The fourth-order valence-electron chi connectivity index (χ4n) is 3.88. The molecule has 0 aliphatic carbocycles. The maximum absolute atomic E-state index is 13.2. The summed E-state index contributed by atoms with van der Waals surface area (Å²) in [7, 11) is 0. The first kappa shape index (κ1) is 25.7. The predicted molar refractivity (Wildman–Crippen MR) is 127 cm³/mol. The van der Waals surface area contributed by atoms with Gasteiger partial charge in [0.15, 0.2) is 5.82 Å². The molecule has 2 aromatic carbocycles. The first-order valence-electron chi connectivity index (χ1n) is 11.2. The van der Waals surface area contributed by atoms with E-state index in [1.807, 2.05) is 13.8 Å². The number of alkyl halides is 3. The average molecular weight is 513 g/mol. The Bertz CT molecular complexity index is 1340. The topological polar surface area (TPSA) is 102 Å². The van der Waals surface area contributed by atoms with E-state index in [0.717, 1.165) is 17.0 Å². The van der Waals surface area contributed by atoms with E-state index in [4.69, 9.17) is 4.74 Å². The number of Topliss-reactive ketones (excluding diaryl/α,β-unsaturated/α-hetero) is 1. The second kappa shape index (κ2) is 9.92. The molecule has 0 saturated carbocycles. The van der Waals surface area contributed by atoms with Gasteiger partial charge in [-0.2, -0.15) is 5.10 Å². The monoisotopic (exact) mass is 513 g/mol. The summed E-state index contributed by atoms with van der Waals surface area (Å²) < 4.78 is 47.4. The molecule has 1 amide bonds. The molecule has 8 nitrogen and oxygen atoms in total. The van der Waals surface area contributed by atoms with E-state index < -0.39 is 35.6 Å². The Morgan fingerprint density at radius 3 is 2.11 bits per heavy atom. The second-order valence-corrected chi connectivity index (χ2v) is 8.51. The van der Waals surface area contributed by atoms with Gasteiger partial charge in [0.05, 0.1) is 23.4 Å². The first-order valence-corrected chi connectivity index (χ1v) is 11.2. The zero-order valence-electron chi connectivity index (χ0n) is 20.0. The number of aliphatic hydroxyl groups is 1. The lowest BCUT2D eigenvalue weighted by atomic mass is 9.95. The van der Waals surface area contributed by atoms with Crippen LogP contribution in [0.15, 0.2) is 66.2 Å². The molecular formula is C26H22F3N3O5. The van der Waals surface area contributed by atoms with Crippen LogP contribution < -0.4 is 14.4 Å². The van der Waals surface area contributed by atoms with Crippen molar-refractivity contribution >= 4 is 23.3 Å². The molecule has 1 N–H and O–H groups in total. The predicted octanol–water partition coefficient (Wildman–Crippen LogP) is 5.10. The van der Waals surface area contributed by atoms with Crippen LogP contribution in [-0.2, 0) is 9.59 Å². The van der Waals surface area contributed by atoms with Gasteiger partial charge in [0, 0.05) is 5.56 Å². The Labute approximate surface area is 210 Å². The van der Waals surface area contributed by atoms with Crippen molar-refractivity contribution in [2.45, 2.75) is 39.3 Å². The number of benzene rings is 2. The number of hydrogen-bond donors (Lipinski definition) is 1. The minimum atomic E-state index is -4.89. The highest BCUT2D eigenvalue weighted by Gasteiger charge is 2.47. The molecule has 0 spiro atoms. The molecule has 3 aromatic rings. The van der Waals surface area contributed by atoms with Gasteiger partial charge in [-0.05, 0) is 74.9 Å². The number of anilines is 1. The quantitative estimate of drug-likeness (QED) is 0.278. The number of aromatic nitrogens is 2. The highest BCUT2D eigenvalue weighted by Crippen LogP contribution is 2.42. The van der Waals surface area contributed by atoms with Crippen LogP contribution in [0.3, 0.4) is 0 Å². The third-order valence-electron chi connectivity index (χ3n) is 5.40. The number of nitrogens with zero attached hydrogens (tertiary/aromatic N) is 3. The van der Waals surface area contributed by atoms with Gasteiger partial charge in [-0.3, -0.25) is 14.5 Å². The van der Waals surface area contributed by atoms with Crippen molar-refractivity contribution in [2.24, 2.45) is 0 Å². The number of carbonyl (C=O) groups excluding carboxylic acids is 2. The fourth-order valence-corrected chi connectivity index (χ4v) is 3.88. The summed E-state index contributed by atoms with van der Waals surface area (Å²) >= 11 is 0. The van der Waals surface area contributed by atoms with Crippen LogP contribution in [0.5, 0.6) is 11.5 Å². The van der Waals surface area contributed by atoms with Crippen LogP contribution in [0.2, 0.25) is 0 Å². The fraction of sp³-hybridized carbons (Fsp3) is 0.231. The Hall–Kier alpha value is -4.41. The standard InChI is InChI=1S/C26H22F3N3O5/c1-14(2)36-18-9-7-17(8-10-18)23(33)21-22(16-5-11-19(12-6-16)37-26(27,28)29)32(25(35)24(21)34)20-13-4-15(3)30-31-20/h4-14,22,33H,1-3H3. The SMILES string of the molecule is Cc1ccc(N2C(=O)C(=O)C(=C(O)c3ccc(OC(C)C)cc3)C2c2ccc(OC(F)(F)F)cc2)nn1. The summed E-state index contributed by atoms with van der Waals surface area (Å²) in [4.78, 5) is 27.3. The van der Waals surface area contributed by atoms with E-state index in [1.165, 1.54) is 30.3 Å². The van der Waals surface area contributed by atoms with Crippen LogP contribution >= 0.6 is 0 Å². The molecule has 1 unspecified atom stereocenters. The molecule has 192 valence electrons. The number of rotatable bonds is 6. The molecule has 1 atom stereocenters. The summed E-state index contributed by atoms with van der Waals surface area (Å²) in [6, 6.07) is 12.8. The van der Waals surface area contributed by atoms with Gasteiger partial charge in [-0.1, -0.05) is 12.1 Å². The first-order chi connectivity index (χ1) is 17.4. The third-order valence-corrected chi connectivity index (χ3v) is 5.40. The van der Waals surface area contributed by atoms with Crippen LogP contribution in [0.4, 0.5) is 19.0 Å². The largest absolute Gasteiger partial charge is 0.573 e. The Morgan fingerprint density at radius 2 is 1.57 bits per heavy atom. The molecule has 0 bridgehead atoms. The van der Waals surface area contributed by atoms with Crippen molar-refractivity contribution in [2.75, 3.05) is 4.90 Å². The van der Waals surface area contributed by atoms with Gasteiger partial charge >= 0.3 is 12.3 Å². The van der Waals surface area contributed by atoms with Gasteiger partial charge in [0.2, 0.25) is 0 Å². The number of hydrogen-bond acceptors (Lipinski definition) is 7. The maximum Gasteiger partial charge on any atom is 0.573 e. The Kier molecular flexibility index (Phi) is 6.88. The molecule has 1 aliphatic rings. The highest BCUT2D eigenvalue weighted by atomic mass is 19.4. The van der Waals surface area contributed by atoms with Crippen LogP contribution in [0.1, 0.15) is 36.7 Å². The number of ketones is 1. The minimum absolute atomic E-state index is 0.0352. The average Bonchev–Trinajstić information content (AvgIpc) is 3.09. The molecule has 37 heavy (non-hydrogen) atoms. The van der Waals surface area contributed by atoms with Crippen LogP contribution in [0.25, 0.3) is 5.76 Å². The molecule has 1 fully saturated rings. The van der Waals surface area contributed by atoms with E-state index in [0.29, 0.717) is 11.4 Å². The molecule has 0 radical (unpaired) electrons. The van der Waals surface area contributed by atoms with Crippen molar-refractivity contribution in [3.63, 3.8) is 0 Å². The lowest BCUT2D eigenvalue weighted by molar-refractivity contribution is -0.274. The molecule has 11 heteroatoms. The molecule has 4 rings (SSSR count). The number of aliphatic hydroxyl groups excluding tert-OH is 1. The van der Waals surface area contributed by atoms with E-state index in [9.17, 15) is 27.9 Å². The zero-order valence-corrected chi connectivity index (χ0v) is 20.0. The summed E-state index contributed by atoms with van der Waals surface area (Å²) in [5.74, 6) is -2.32. The number of ether oxygens (including phenoxy) is 2. The maximum atomic E-state index is 13.2. The van der Waals surface area contributed by atoms with Gasteiger partial charge in [-0.25, -0.2) is 0 Å². The van der Waals surface area contributed by atoms with Crippen molar-refractivity contribution < 1.29 is 37.3 Å². The van der Waals surface area contributed by atoms with Crippen molar-refractivity contribution in [3.05, 3.63) is 83.1 Å². The van der Waals surface area contributed by atoms with Crippen LogP contribution in [-0.4, -0.2) is 39.5 Å². The summed E-state index contributed by atoms with van der Waals surface area (Å²) in [6.07, 6.45) is -4.97. The molecular weight excluding hydrogens is 491 g/mol. The molecule has 1 saturated heterocycles. The molecule has 1 aliphatic heterocycles. The summed E-state index contributed by atoms with van der Waals surface area (Å²) in [6.45, 7) is 5.40. The number of amides is 1. The number of carbonyl (C=O) groups is 2. The van der Waals surface area contributed by atoms with Crippen molar-refractivity contribution in [1.82, 2.24) is 10.2 Å². The van der Waals surface area contributed by atoms with E-state index >= 15 is 0 Å². The minimum Gasteiger partial charge on any atom is -0.507 e. The number of halogens is 3. The number of aryl methyl sites for hydroxylation is 1. The summed E-state index contributed by atoms with van der Waals surface area (Å²) in [5.41, 5.74) is 0.798. The van der Waals surface area contributed by atoms with E-state index in [2.05, 4.69) is 14.9 Å². The van der Waals surface area contributed by atoms with Crippen molar-refractivity contribution in [1.29, 1.82) is 0 Å². The van der Waals surface area contributed by atoms with Gasteiger partial charge in [0.25, 0.3) is 5.78 Å². The third kappa shape index (κ3) is 5.55. The molecule has 1 aromatic heterocycles. The van der Waals surface area contributed by atoms with Gasteiger partial charge < -0.3 is 14.6 Å². The smallest absolute Gasteiger partial charge is 0.507 e. The summed E-state index contributed by atoms with van der Waals surface area (Å²) in [5, 5.41) is 19.1. The zero-order chi connectivity index (χ0) is 26.9. The van der Waals surface area contributed by atoms with Gasteiger partial charge in [-0.15, -0.1) is 18.3 Å².